The molecule has 0 saturated heterocycles. The van der Waals surface area contributed by atoms with Gasteiger partial charge < -0.3 is 0 Å². The molecule has 0 unspecified atom stereocenters. The van der Waals surface area contributed by atoms with Gasteiger partial charge in [0.1, 0.15) is 0 Å². The van der Waals surface area contributed by atoms with Crippen molar-refractivity contribution in [1.29, 1.82) is 0 Å². The lowest BCUT2D eigenvalue weighted by Crippen LogP contribution is -1.85. The fraction of sp³-hybridized carbons (Fsp3) is 0.545. The van der Waals surface area contributed by atoms with Gasteiger partial charge in [-0.15, -0.1) is 0 Å². The molecule has 0 atom stereocenters. The normalized spacial score (nSPS) is 11.5. The van der Waals surface area contributed by atoms with E-state index in [9.17, 15) is 4.79 Å². The van der Waals surface area contributed by atoms with Gasteiger partial charge in [-0.3, -0.25) is 4.79 Å². The van der Waals surface area contributed by atoms with E-state index in [1.54, 1.807) is 6.92 Å². The number of carbonyl (C=O) groups is 1. The fourth-order valence-corrected chi connectivity index (χ4v) is 1.50. The number of allylic oxidation sites excluding steroid dienone is 4. The molecule has 13 heavy (non-hydrogen) atoms. The van der Waals surface area contributed by atoms with E-state index in [0.717, 1.165) is 18.6 Å². The zero-order valence-electron chi connectivity index (χ0n) is 8.45. The first-order valence-corrected chi connectivity index (χ1v) is 5.67. The Morgan fingerprint density at radius 1 is 1.31 bits per heavy atom. The average molecular weight is 198 g/mol. The molecule has 0 aromatic rings. The first kappa shape index (κ1) is 12.5. The van der Waals surface area contributed by atoms with Crippen LogP contribution in [0.1, 0.15) is 33.1 Å². The Balaban J connectivity index is 3.12. The molecule has 0 amide bonds. The van der Waals surface area contributed by atoms with Crippen LogP contribution in [0.3, 0.4) is 0 Å². The highest BCUT2D eigenvalue weighted by atomic mass is 32.2. The Hall–Kier alpha value is -0.500. The van der Waals surface area contributed by atoms with Crippen molar-refractivity contribution in [3.63, 3.8) is 0 Å². The molecular formula is C11H18OS. The quantitative estimate of drug-likeness (QED) is 0.479. The minimum absolute atomic E-state index is 0.226. The van der Waals surface area contributed by atoms with E-state index >= 15 is 0 Å². The molecule has 74 valence electrons. The average Bonchev–Trinajstić information content (AvgIpc) is 2.09. The third-order valence-electron chi connectivity index (χ3n) is 1.51. The number of thioether (sulfide) groups is 1. The van der Waals surface area contributed by atoms with Crippen molar-refractivity contribution in [1.82, 2.24) is 0 Å². The molecule has 2 heteroatoms. The van der Waals surface area contributed by atoms with Crippen LogP contribution in [0, 0.1) is 0 Å². The highest BCUT2D eigenvalue weighted by Gasteiger charge is 1.92. The van der Waals surface area contributed by atoms with E-state index in [2.05, 4.69) is 12.2 Å². The molecule has 0 saturated carbocycles. The molecule has 0 spiro atoms. The molecule has 0 aliphatic carbocycles. The molecule has 0 aromatic carbocycles. The molecule has 0 fully saturated rings. The van der Waals surface area contributed by atoms with E-state index in [1.807, 2.05) is 19.1 Å². The SMILES string of the molecule is C/C=C/C=C/CCCCSC(C)=O. The second-order valence-electron chi connectivity index (χ2n) is 2.79. The van der Waals surface area contributed by atoms with Crippen LogP contribution < -0.4 is 0 Å². The van der Waals surface area contributed by atoms with Crippen LogP contribution in [0.5, 0.6) is 0 Å². The first-order chi connectivity index (χ1) is 6.27. The lowest BCUT2D eigenvalue weighted by Gasteiger charge is -1.94. The van der Waals surface area contributed by atoms with Crippen molar-refractivity contribution in [3.8, 4) is 0 Å². The summed E-state index contributed by atoms with van der Waals surface area (Å²) >= 11 is 1.42. The summed E-state index contributed by atoms with van der Waals surface area (Å²) in [4.78, 5) is 10.6. The largest absolute Gasteiger partial charge is 0.288 e. The molecular weight excluding hydrogens is 180 g/mol. The second-order valence-corrected chi connectivity index (χ2v) is 4.06. The number of rotatable bonds is 6. The lowest BCUT2D eigenvalue weighted by atomic mass is 10.2. The van der Waals surface area contributed by atoms with Gasteiger partial charge in [0.05, 0.1) is 0 Å². The number of hydrogen-bond acceptors (Lipinski definition) is 2. The van der Waals surface area contributed by atoms with Crippen molar-refractivity contribution >= 4 is 16.9 Å². The summed E-state index contributed by atoms with van der Waals surface area (Å²) in [6, 6.07) is 0. The lowest BCUT2D eigenvalue weighted by molar-refractivity contribution is -0.109. The van der Waals surface area contributed by atoms with Gasteiger partial charge in [0.2, 0.25) is 0 Å². The second kappa shape index (κ2) is 9.59. The highest BCUT2D eigenvalue weighted by Crippen LogP contribution is 2.06. The van der Waals surface area contributed by atoms with Crippen molar-refractivity contribution in [2.24, 2.45) is 0 Å². The predicted molar refractivity (Wildman–Crippen MR) is 60.9 cm³/mol. The van der Waals surface area contributed by atoms with Crippen molar-refractivity contribution in [2.75, 3.05) is 5.75 Å². The fourth-order valence-electron chi connectivity index (χ4n) is 0.866. The van der Waals surface area contributed by atoms with Gasteiger partial charge in [-0.2, -0.15) is 0 Å². The molecule has 1 nitrogen and oxygen atoms in total. The summed E-state index contributed by atoms with van der Waals surface area (Å²) in [6.45, 7) is 3.63. The Bertz CT molecular complexity index is 183. The van der Waals surface area contributed by atoms with Crippen molar-refractivity contribution in [3.05, 3.63) is 24.3 Å². The van der Waals surface area contributed by atoms with Crippen LogP contribution >= 0.6 is 11.8 Å². The molecule has 0 N–H and O–H groups in total. The van der Waals surface area contributed by atoms with E-state index in [-0.39, 0.29) is 5.12 Å². The Morgan fingerprint density at radius 3 is 2.69 bits per heavy atom. The van der Waals surface area contributed by atoms with Crippen molar-refractivity contribution in [2.45, 2.75) is 33.1 Å². The summed E-state index contributed by atoms with van der Waals surface area (Å²) in [7, 11) is 0. The maximum atomic E-state index is 10.6. The summed E-state index contributed by atoms with van der Waals surface area (Å²) in [5.41, 5.74) is 0. The number of hydrogen-bond donors (Lipinski definition) is 0. The minimum atomic E-state index is 0.226. The van der Waals surface area contributed by atoms with Crippen LogP contribution in [0.4, 0.5) is 0 Å². The predicted octanol–water partition coefficient (Wildman–Crippen LogP) is 3.57. The maximum Gasteiger partial charge on any atom is 0.185 e. The molecule has 0 rings (SSSR count). The first-order valence-electron chi connectivity index (χ1n) is 4.68. The zero-order chi connectivity index (χ0) is 9.94. The molecule has 0 bridgehead atoms. The Labute approximate surface area is 85.3 Å². The summed E-state index contributed by atoms with van der Waals surface area (Å²) < 4.78 is 0. The molecule has 0 aromatic heterocycles. The van der Waals surface area contributed by atoms with Crippen LogP contribution in [0.25, 0.3) is 0 Å². The monoisotopic (exact) mass is 198 g/mol. The third-order valence-corrected chi connectivity index (χ3v) is 2.41. The van der Waals surface area contributed by atoms with Crippen LogP contribution in [-0.4, -0.2) is 10.9 Å². The number of carbonyl (C=O) groups excluding carboxylic acids is 1. The van der Waals surface area contributed by atoms with Gasteiger partial charge in [0, 0.05) is 12.7 Å². The van der Waals surface area contributed by atoms with E-state index in [1.165, 1.54) is 18.2 Å². The summed E-state index contributed by atoms with van der Waals surface area (Å²) in [5, 5.41) is 0.226. The number of unbranched alkanes of at least 4 members (excludes halogenated alkanes) is 2. The van der Waals surface area contributed by atoms with Gasteiger partial charge in [0.15, 0.2) is 5.12 Å². The molecule has 0 aliphatic rings. The molecule has 0 heterocycles. The highest BCUT2D eigenvalue weighted by molar-refractivity contribution is 8.13. The smallest absolute Gasteiger partial charge is 0.185 e. The minimum Gasteiger partial charge on any atom is -0.288 e. The standard InChI is InChI=1S/C11H18OS/c1-3-4-5-6-7-8-9-10-13-11(2)12/h3-6H,7-10H2,1-2H3/b4-3+,6-5+. The summed E-state index contributed by atoms with van der Waals surface area (Å²) in [5.74, 6) is 0.965. The summed E-state index contributed by atoms with van der Waals surface area (Å²) in [6.07, 6.45) is 11.7. The molecule has 0 radical (unpaired) electrons. The van der Waals surface area contributed by atoms with Gasteiger partial charge in [0.25, 0.3) is 0 Å². The van der Waals surface area contributed by atoms with Crippen LogP contribution in [0.2, 0.25) is 0 Å². The van der Waals surface area contributed by atoms with E-state index in [4.69, 9.17) is 0 Å². The van der Waals surface area contributed by atoms with Gasteiger partial charge in [-0.05, 0) is 26.2 Å². The van der Waals surface area contributed by atoms with Gasteiger partial charge >= 0.3 is 0 Å². The van der Waals surface area contributed by atoms with Gasteiger partial charge in [-0.25, -0.2) is 0 Å². The third kappa shape index (κ3) is 11.5. The molecule has 0 aliphatic heterocycles. The van der Waals surface area contributed by atoms with E-state index in [0.29, 0.717) is 0 Å². The Kier molecular flexibility index (Phi) is 9.22. The van der Waals surface area contributed by atoms with Gasteiger partial charge in [-0.1, -0.05) is 36.1 Å². The Morgan fingerprint density at radius 2 is 2.08 bits per heavy atom. The van der Waals surface area contributed by atoms with Crippen LogP contribution in [-0.2, 0) is 4.79 Å². The van der Waals surface area contributed by atoms with E-state index < -0.39 is 0 Å². The van der Waals surface area contributed by atoms with Crippen molar-refractivity contribution < 1.29 is 4.79 Å². The topological polar surface area (TPSA) is 17.1 Å². The van der Waals surface area contributed by atoms with Crippen LogP contribution in [0.15, 0.2) is 24.3 Å². The zero-order valence-corrected chi connectivity index (χ0v) is 9.27. The maximum absolute atomic E-state index is 10.6.